The van der Waals surface area contributed by atoms with Crippen molar-refractivity contribution in [1.29, 1.82) is 0 Å². The molecule has 2 aromatic heterocycles. The fraction of sp³-hybridized carbons (Fsp3) is 0.350. The van der Waals surface area contributed by atoms with Crippen molar-refractivity contribution in [2.45, 2.75) is 31.1 Å². The number of hydrogen-bond acceptors (Lipinski definition) is 4. The Kier molecular flexibility index (Phi) is 4.59. The summed E-state index contributed by atoms with van der Waals surface area (Å²) in [5, 5.41) is 9.94. The van der Waals surface area contributed by atoms with Gasteiger partial charge >= 0.3 is 0 Å². The Bertz CT molecular complexity index is 893. The molecular weight excluding hydrogens is 344 g/mol. The SMILES string of the molecule is Cn1cc(-c2nc(C(=O)NCC3(c4ccccc4)CCCC3)cs2)cn1. The van der Waals surface area contributed by atoms with E-state index in [2.05, 4.69) is 39.7 Å². The van der Waals surface area contributed by atoms with E-state index < -0.39 is 0 Å². The third-order valence-electron chi connectivity index (χ3n) is 5.22. The Balaban J connectivity index is 1.47. The summed E-state index contributed by atoms with van der Waals surface area (Å²) in [6, 6.07) is 10.6. The van der Waals surface area contributed by atoms with E-state index in [4.69, 9.17) is 0 Å². The highest BCUT2D eigenvalue weighted by Gasteiger charge is 2.35. The minimum absolute atomic E-state index is 0.0547. The molecule has 1 aliphatic rings. The lowest BCUT2D eigenvalue weighted by Crippen LogP contribution is -2.39. The molecule has 4 rings (SSSR count). The van der Waals surface area contributed by atoms with Crippen LogP contribution in [-0.2, 0) is 12.5 Å². The van der Waals surface area contributed by atoms with Crippen LogP contribution in [0.25, 0.3) is 10.6 Å². The van der Waals surface area contributed by atoms with Gasteiger partial charge in [0.25, 0.3) is 5.91 Å². The van der Waals surface area contributed by atoms with Gasteiger partial charge in [0.05, 0.1) is 6.20 Å². The molecule has 3 aromatic rings. The second-order valence-corrected chi connectivity index (χ2v) is 7.83. The van der Waals surface area contributed by atoms with Crippen molar-refractivity contribution in [3.8, 4) is 10.6 Å². The Hall–Kier alpha value is -2.47. The molecule has 0 saturated heterocycles. The molecule has 1 aromatic carbocycles. The van der Waals surface area contributed by atoms with Crippen LogP contribution in [0.1, 0.15) is 41.7 Å². The number of carbonyl (C=O) groups is 1. The van der Waals surface area contributed by atoms with Crippen LogP contribution < -0.4 is 5.32 Å². The minimum atomic E-state index is -0.0985. The van der Waals surface area contributed by atoms with Crippen molar-refractivity contribution in [1.82, 2.24) is 20.1 Å². The van der Waals surface area contributed by atoms with Crippen molar-refractivity contribution in [3.05, 3.63) is 59.4 Å². The van der Waals surface area contributed by atoms with Gasteiger partial charge in [0.1, 0.15) is 10.7 Å². The van der Waals surface area contributed by atoms with E-state index in [9.17, 15) is 4.79 Å². The first kappa shape index (κ1) is 17.0. The summed E-state index contributed by atoms with van der Waals surface area (Å²) in [6.45, 7) is 0.662. The van der Waals surface area contributed by atoms with Crippen LogP contribution in [-0.4, -0.2) is 27.2 Å². The number of nitrogens with one attached hydrogen (secondary N) is 1. The summed E-state index contributed by atoms with van der Waals surface area (Å²) < 4.78 is 1.74. The molecule has 0 radical (unpaired) electrons. The lowest BCUT2D eigenvalue weighted by atomic mass is 9.79. The van der Waals surface area contributed by atoms with E-state index in [-0.39, 0.29) is 11.3 Å². The Morgan fingerprint density at radius 3 is 2.73 bits per heavy atom. The van der Waals surface area contributed by atoms with Crippen molar-refractivity contribution < 1.29 is 4.79 Å². The summed E-state index contributed by atoms with van der Waals surface area (Å²) in [5.74, 6) is -0.0985. The highest BCUT2D eigenvalue weighted by atomic mass is 32.1. The molecule has 1 saturated carbocycles. The maximum atomic E-state index is 12.6. The Morgan fingerprint density at radius 1 is 1.27 bits per heavy atom. The van der Waals surface area contributed by atoms with E-state index >= 15 is 0 Å². The Morgan fingerprint density at radius 2 is 2.04 bits per heavy atom. The number of nitrogens with zero attached hydrogens (tertiary/aromatic N) is 3. The maximum Gasteiger partial charge on any atom is 0.270 e. The first-order valence-electron chi connectivity index (χ1n) is 8.95. The van der Waals surface area contributed by atoms with Crippen molar-refractivity contribution in [3.63, 3.8) is 0 Å². The smallest absolute Gasteiger partial charge is 0.270 e. The van der Waals surface area contributed by atoms with Crippen molar-refractivity contribution in [2.75, 3.05) is 6.54 Å². The van der Waals surface area contributed by atoms with Gasteiger partial charge in [0, 0.05) is 36.1 Å². The van der Waals surface area contributed by atoms with Crippen LogP contribution in [0.5, 0.6) is 0 Å². The van der Waals surface area contributed by atoms with Crippen LogP contribution >= 0.6 is 11.3 Å². The van der Waals surface area contributed by atoms with Gasteiger partial charge in [-0.2, -0.15) is 5.10 Å². The van der Waals surface area contributed by atoms with E-state index in [0.717, 1.165) is 23.4 Å². The predicted octanol–water partition coefficient (Wildman–Crippen LogP) is 3.79. The molecule has 1 N–H and O–H groups in total. The number of amides is 1. The highest BCUT2D eigenvalue weighted by Crippen LogP contribution is 2.40. The average molecular weight is 366 g/mol. The molecular formula is C20H22N4OS. The molecule has 0 bridgehead atoms. The van der Waals surface area contributed by atoms with E-state index in [1.54, 1.807) is 10.9 Å². The van der Waals surface area contributed by atoms with E-state index in [1.807, 2.05) is 24.7 Å². The minimum Gasteiger partial charge on any atom is -0.350 e. The quantitative estimate of drug-likeness (QED) is 0.747. The summed E-state index contributed by atoms with van der Waals surface area (Å²) >= 11 is 1.47. The van der Waals surface area contributed by atoms with Crippen LogP contribution in [0.3, 0.4) is 0 Å². The zero-order chi connectivity index (χ0) is 18.0. The fourth-order valence-corrected chi connectivity index (χ4v) is 4.57. The van der Waals surface area contributed by atoms with Crippen molar-refractivity contribution >= 4 is 17.2 Å². The summed E-state index contributed by atoms with van der Waals surface area (Å²) in [7, 11) is 1.87. The lowest BCUT2D eigenvalue weighted by Gasteiger charge is -2.29. The zero-order valence-electron chi connectivity index (χ0n) is 14.8. The third-order valence-corrected chi connectivity index (χ3v) is 6.11. The first-order chi connectivity index (χ1) is 12.7. The molecule has 6 heteroatoms. The van der Waals surface area contributed by atoms with Gasteiger partial charge in [-0.1, -0.05) is 43.2 Å². The molecule has 26 heavy (non-hydrogen) atoms. The maximum absolute atomic E-state index is 12.6. The largest absolute Gasteiger partial charge is 0.350 e. The third kappa shape index (κ3) is 3.29. The number of rotatable bonds is 5. The average Bonchev–Trinajstić information content (AvgIpc) is 3.41. The number of hydrogen-bond donors (Lipinski definition) is 1. The zero-order valence-corrected chi connectivity index (χ0v) is 15.6. The van der Waals surface area contributed by atoms with Gasteiger partial charge in [-0.15, -0.1) is 11.3 Å². The topological polar surface area (TPSA) is 59.8 Å². The molecule has 0 aliphatic heterocycles. The number of thiazole rings is 1. The summed E-state index contributed by atoms with van der Waals surface area (Å²) in [5.41, 5.74) is 2.80. The number of carbonyl (C=O) groups excluding carboxylic acids is 1. The fourth-order valence-electron chi connectivity index (χ4n) is 3.79. The predicted molar refractivity (Wildman–Crippen MR) is 103 cm³/mol. The second kappa shape index (κ2) is 7.03. The summed E-state index contributed by atoms with van der Waals surface area (Å²) in [6.07, 6.45) is 8.34. The molecule has 0 spiro atoms. The van der Waals surface area contributed by atoms with Gasteiger partial charge in [0.2, 0.25) is 0 Å². The van der Waals surface area contributed by atoms with Crippen LogP contribution in [0.4, 0.5) is 0 Å². The Labute approximate surface area is 157 Å². The number of benzene rings is 1. The summed E-state index contributed by atoms with van der Waals surface area (Å²) in [4.78, 5) is 17.1. The van der Waals surface area contributed by atoms with Gasteiger partial charge in [-0.05, 0) is 18.4 Å². The molecule has 134 valence electrons. The van der Waals surface area contributed by atoms with Crippen LogP contribution in [0.15, 0.2) is 48.1 Å². The molecule has 0 unspecified atom stereocenters. The normalized spacial score (nSPS) is 15.9. The molecule has 5 nitrogen and oxygen atoms in total. The van der Waals surface area contributed by atoms with Crippen LogP contribution in [0, 0.1) is 0 Å². The molecule has 1 fully saturated rings. The highest BCUT2D eigenvalue weighted by molar-refractivity contribution is 7.13. The van der Waals surface area contributed by atoms with Gasteiger partial charge in [-0.3, -0.25) is 9.48 Å². The van der Waals surface area contributed by atoms with Crippen molar-refractivity contribution in [2.24, 2.45) is 7.05 Å². The lowest BCUT2D eigenvalue weighted by molar-refractivity contribution is 0.0939. The van der Waals surface area contributed by atoms with E-state index in [1.165, 1.54) is 29.7 Å². The molecule has 2 heterocycles. The van der Waals surface area contributed by atoms with Crippen LogP contribution in [0.2, 0.25) is 0 Å². The molecule has 1 amide bonds. The molecule has 1 aliphatic carbocycles. The number of aromatic nitrogens is 3. The second-order valence-electron chi connectivity index (χ2n) is 6.98. The van der Waals surface area contributed by atoms with E-state index in [0.29, 0.717) is 12.2 Å². The monoisotopic (exact) mass is 366 g/mol. The standard InChI is InChI=1S/C20H22N4OS/c1-24-12-15(11-22-24)19-23-17(13-26-19)18(25)21-14-20(9-5-6-10-20)16-7-3-2-4-8-16/h2-4,7-8,11-13H,5-6,9-10,14H2,1H3,(H,21,25). The van der Waals surface area contributed by atoms with Gasteiger partial charge < -0.3 is 5.32 Å². The number of aryl methyl sites for hydroxylation is 1. The molecule has 0 atom stereocenters. The first-order valence-corrected chi connectivity index (χ1v) is 9.83. The van der Waals surface area contributed by atoms with Gasteiger partial charge in [-0.25, -0.2) is 4.98 Å². The van der Waals surface area contributed by atoms with Gasteiger partial charge in [0.15, 0.2) is 0 Å².